The molecule has 6 nitrogen and oxygen atoms in total. The SMILES string of the molecule is CC(C)NCCCN(C)S(=O)(=O)N(C)CCOCC1CC1. The van der Waals surface area contributed by atoms with Crippen LogP contribution < -0.4 is 5.32 Å². The molecule has 0 aliphatic heterocycles. The van der Waals surface area contributed by atoms with Gasteiger partial charge in [-0.05, 0) is 31.7 Å². The van der Waals surface area contributed by atoms with Crippen molar-refractivity contribution >= 4 is 10.2 Å². The lowest BCUT2D eigenvalue weighted by Crippen LogP contribution is -2.42. The molecule has 0 aromatic heterocycles. The maximum Gasteiger partial charge on any atom is 0.281 e. The summed E-state index contributed by atoms with van der Waals surface area (Å²) in [5.41, 5.74) is 0. The summed E-state index contributed by atoms with van der Waals surface area (Å²) in [4.78, 5) is 0. The van der Waals surface area contributed by atoms with Gasteiger partial charge in [0.1, 0.15) is 0 Å². The third-order valence-electron chi connectivity index (χ3n) is 3.59. The fraction of sp³-hybridized carbons (Fsp3) is 1.00. The Labute approximate surface area is 130 Å². The number of hydrogen-bond donors (Lipinski definition) is 1. The van der Waals surface area contributed by atoms with Gasteiger partial charge in [0.15, 0.2) is 0 Å². The molecule has 1 rings (SSSR count). The molecule has 21 heavy (non-hydrogen) atoms. The molecule has 0 aromatic rings. The Kier molecular flexibility index (Phi) is 8.12. The first-order valence-electron chi connectivity index (χ1n) is 7.82. The largest absolute Gasteiger partial charge is 0.380 e. The molecule has 0 spiro atoms. The Morgan fingerprint density at radius 1 is 1.19 bits per heavy atom. The highest BCUT2D eigenvalue weighted by molar-refractivity contribution is 7.86. The lowest BCUT2D eigenvalue weighted by molar-refractivity contribution is 0.116. The summed E-state index contributed by atoms with van der Waals surface area (Å²) in [5.74, 6) is 0.711. The molecule has 0 atom stereocenters. The van der Waals surface area contributed by atoms with Crippen molar-refractivity contribution in [3.8, 4) is 0 Å². The number of nitrogens with one attached hydrogen (secondary N) is 1. The standard InChI is InChI=1S/C14H31N3O3S/c1-13(2)15-8-5-9-16(3)21(18,19)17(4)10-11-20-12-14-6-7-14/h13-15H,5-12H2,1-4H3. The zero-order valence-corrected chi connectivity index (χ0v) is 14.7. The molecule has 0 heterocycles. The van der Waals surface area contributed by atoms with Gasteiger partial charge in [-0.1, -0.05) is 13.8 Å². The number of rotatable bonds is 12. The second-order valence-electron chi connectivity index (χ2n) is 6.13. The van der Waals surface area contributed by atoms with Gasteiger partial charge in [-0.3, -0.25) is 0 Å². The van der Waals surface area contributed by atoms with E-state index in [1.807, 2.05) is 0 Å². The summed E-state index contributed by atoms with van der Waals surface area (Å²) in [6.45, 7) is 7.15. The van der Waals surface area contributed by atoms with Crippen LogP contribution in [0.4, 0.5) is 0 Å². The highest BCUT2D eigenvalue weighted by atomic mass is 32.2. The normalized spacial score (nSPS) is 16.3. The van der Waals surface area contributed by atoms with Gasteiger partial charge in [-0.25, -0.2) is 0 Å². The Morgan fingerprint density at radius 2 is 1.81 bits per heavy atom. The second kappa shape index (κ2) is 9.05. The molecule has 0 bridgehead atoms. The molecule has 0 amide bonds. The first kappa shape index (κ1) is 18.8. The van der Waals surface area contributed by atoms with E-state index in [2.05, 4.69) is 19.2 Å². The Balaban J connectivity index is 2.21. The lowest BCUT2D eigenvalue weighted by atomic mass is 10.3. The second-order valence-corrected chi connectivity index (χ2v) is 8.27. The van der Waals surface area contributed by atoms with Crippen LogP contribution in [0.25, 0.3) is 0 Å². The van der Waals surface area contributed by atoms with Crippen LogP contribution in [-0.4, -0.2) is 70.0 Å². The molecular formula is C14H31N3O3S. The number of hydrogen-bond acceptors (Lipinski definition) is 4. The topological polar surface area (TPSA) is 61.9 Å². The smallest absolute Gasteiger partial charge is 0.281 e. The summed E-state index contributed by atoms with van der Waals surface area (Å²) >= 11 is 0. The fourth-order valence-corrected chi connectivity index (χ4v) is 3.03. The van der Waals surface area contributed by atoms with Crippen LogP contribution in [0.1, 0.15) is 33.1 Å². The predicted molar refractivity (Wildman–Crippen MR) is 85.5 cm³/mol. The van der Waals surface area contributed by atoms with Crippen LogP contribution in [0.15, 0.2) is 0 Å². The summed E-state index contributed by atoms with van der Waals surface area (Å²) in [6, 6.07) is 0.429. The summed E-state index contributed by atoms with van der Waals surface area (Å²) in [5, 5.41) is 3.28. The number of likely N-dealkylation sites (N-methyl/N-ethyl adjacent to an activating group) is 1. The van der Waals surface area contributed by atoms with E-state index in [4.69, 9.17) is 4.74 Å². The quantitative estimate of drug-likeness (QED) is 0.543. The van der Waals surface area contributed by atoms with Crippen molar-refractivity contribution in [1.29, 1.82) is 0 Å². The van der Waals surface area contributed by atoms with E-state index in [-0.39, 0.29) is 0 Å². The molecule has 1 N–H and O–H groups in total. The number of ether oxygens (including phenoxy) is 1. The average molecular weight is 321 g/mol. The van der Waals surface area contributed by atoms with E-state index in [9.17, 15) is 8.42 Å². The van der Waals surface area contributed by atoms with Crippen molar-refractivity contribution < 1.29 is 13.2 Å². The summed E-state index contributed by atoms with van der Waals surface area (Å²) in [6.07, 6.45) is 3.31. The van der Waals surface area contributed by atoms with Crippen LogP contribution >= 0.6 is 0 Å². The molecule has 0 radical (unpaired) electrons. The highest BCUT2D eigenvalue weighted by Crippen LogP contribution is 2.28. The maximum atomic E-state index is 12.3. The minimum atomic E-state index is -3.37. The lowest BCUT2D eigenvalue weighted by Gasteiger charge is -2.24. The third-order valence-corrected chi connectivity index (χ3v) is 5.53. The van der Waals surface area contributed by atoms with Crippen LogP contribution in [0.5, 0.6) is 0 Å². The molecule has 1 aliphatic rings. The molecule has 126 valence electrons. The van der Waals surface area contributed by atoms with E-state index in [0.29, 0.717) is 31.7 Å². The van der Waals surface area contributed by atoms with Crippen LogP contribution in [0.2, 0.25) is 0 Å². The van der Waals surface area contributed by atoms with Gasteiger partial charge in [-0.2, -0.15) is 17.0 Å². The zero-order chi connectivity index (χ0) is 15.9. The van der Waals surface area contributed by atoms with Gasteiger partial charge in [-0.15, -0.1) is 0 Å². The molecule has 1 fully saturated rings. The van der Waals surface area contributed by atoms with E-state index >= 15 is 0 Å². The molecule has 0 unspecified atom stereocenters. The van der Waals surface area contributed by atoms with Crippen LogP contribution in [-0.2, 0) is 14.9 Å². The van der Waals surface area contributed by atoms with Gasteiger partial charge in [0.25, 0.3) is 10.2 Å². The van der Waals surface area contributed by atoms with Gasteiger partial charge in [0.2, 0.25) is 0 Å². The van der Waals surface area contributed by atoms with Gasteiger partial charge in [0.05, 0.1) is 6.61 Å². The first-order chi connectivity index (χ1) is 9.84. The van der Waals surface area contributed by atoms with Crippen molar-refractivity contribution in [2.24, 2.45) is 5.92 Å². The molecule has 0 aromatic carbocycles. The minimum absolute atomic E-state index is 0.406. The summed E-state index contributed by atoms with van der Waals surface area (Å²) < 4.78 is 32.8. The Bertz CT molecular complexity index is 361. The highest BCUT2D eigenvalue weighted by Gasteiger charge is 2.24. The van der Waals surface area contributed by atoms with Crippen molar-refractivity contribution in [2.45, 2.75) is 39.2 Å². The summed E-state index contributed by atoms with van der Waals surface area (Å²) in [7, 11) is -0.125. The molecule has 7 heteroatoms. The van der Waals surface area contributed by atoms with Gasteiger partial charge >= 0.3 is 0 Å². The Morgan fingerprint density at radius 3 is 2.38 bits per heavy atom. The molecule has 1 saturated carbocycles. The van der Waals surface area contributed by atoms with Crippen molar-refractivity contribution in [2.75, 3.05) is 46.9 Å². The molecule has 1 aliphatic carbocycles. The van der Waals surface area contributed by atoms with Crippen LogP contribution in [0.3, 0.4) is 0 Å². The van der Waals surface area contributed by atoms with E-state index in [1.165, 1.54) is 21.5 Å². The molecular weight excluding hydrogens is 290 g/mol. The predicted octanol–water partition coefficient (Wildman–Crippen LogP) is 0.910. The fourth-order valence-electron chi connectivity index (χ4n) is 1.89. The Hall–Kier alpha value is -0.210. The van der Waals surface area contributed by atoms with Crippen molar-refractivity contribution in [3.05, 3.63) is 0 Å². The van der Waals surface area contributed by atoms with Crippen LogP contribution in [0, 0.1) is 5.92 Å². The monoisotopic (exact) mass is 321 g/mol. The van der Waals surface area contributed by atoms with E-state index < -0.39 is 10.2 Å². The van der Waals surface area contributed by atoms with Gasteiger partial charge < -0.3 is 10.1 Å². The average Bonchev–Trinajstić information content (AvgIpc) is 3.22. The van der Waals surface area contributed by atoms with Gasteiger partial charge in [0, 0.05) is 39.8 Å². The first-order valence-corrected chi connectivity index (χ1v) is 9.22. The van der Waals surface area contributed by atoms with E-state index in [1.54, 1.807) is 14.1 Å². The third kappa shape index (κ3) is 7.56. The zero-order valence-electron chi connectivity index (χ0n) is 13.8. The van der Waals surface area contributed by atoms with E-state index in [0.717, 1.165) is 19.6 Å². The maximum absolute atomic E-state index is 12.3. The minimum Gasteiger partial charge on any atom is -0.380 e. The molecule has 0 saturated heterocycles. The number of nitrogens with zero attached hydrogens (tertiary/aromatic N) is 2. The van der Waals surface area contributed by atoms with Crippen molar-refractivity contribution in [3.63, 3.8) is 0 Å². The van der Waals surface area contributed by atoms with Crippen molar-refractivity contribution in [1.82, 2.24) is 13.9 Å².